The topological polar surface area (TPSA) is 59.0 Å². The molecule has 1 N–H and O–H groups in total. The molecule has 0 radical (unpaired) electrons. The van der Waals surface area contributed by atoms with E-state index < -0.39 is 5.97 Å². The van der Waals surface area contributed by atoms with E-state index >= 15 is 0 Å². The second kappa shape index (κ2) is 9.50. The summed E-state index contributed by atoms with van der Waals surface area (Å²) in [4.78, 5) is 13.0. The highest BCUT2D eigenvalue weighted by Crippen LogP contribution is 2.11. The maximum absolute atomic E-state index is 10.7. The molecule has 5 heteroatoms. The van der Waals surface area contributed by atoms with E-state index in [0.717, 1.165) is 24.2 Å². The van der Waals surface area contributed by atoms with Gasteiger partial charge in [-0.3, -0.25) is 9.69 Å². The molecule has 118 valence electrons. The summed E-state index contributed by atoms with van der Waals surface area (Å²) in [5.74, 6) is -0.807. The maximum Gasteiger partial charge on any atom is 0.307 e. The minimum absolute atomic E-state index is 0.0632. The Morgan fingerprint density at radius 2 is 1.81 bits per heavy atom. The molecule has 1 aromatic carbocycles. The van der Waals surface area contributed by atoms with Gasteiger partial charge in [-0.2, -0.15) is 0 Å². The molecule has 0 fully saturated rings. The summed E-state index contributed by atoms with van der Waals surface area (Å²) in [6.07, 6.45) is 0.0632. The monoisotopic (exact) mass is 295 g/mol. The Balaban J connectivity index is 2.66. The van der Waals surface area contributed by atoms with Crippen molar-refractivity contribution in [3.05, 3.63) is 35.4 Å². The summed E-state index contributed by atoms with van der Waals surface area (Å²) in [6.45, 7) is 5.09. The molecular formula is C16H25NO4. The van der Waals surface area contributed by atoms with Crippen molar-refractivity contribution >= 4 is 5.97 Å². The van der Waals surface area contributed by atoms with Gasteiger partial charge in [0.05, 0.1) is 19.6 Å². The SMILES string of the molecule is COCCN(Cc1ccc(CC(=O)O)cc1)C(C)COC. The lowest BCUT2D eigenvalue weighted by molar-refractivity contribution is -0.136. The van der Waals surface area contributed by atoms with Gasteiger partial charge in [-0.05, 0) is 18.1 Å². The Labute approximate surface area is 126 Å². The van der Waals surface area contributed by atoms with Crippen LogP contribution >= 0.6 is 0 Å². The van der Waals surface area contributed by atoms with Crippen LogP contribution in [0, 0.1) is 0 Å². The minimum atomic E-state index is -0.807. The maximum atomic E-state index is 10.7. The Bertz CT molecular complexity index is 419. The van der Waals surface area contributed by atoms with Crippen LogP contribution in [-0.4, -0.2) is 56.0 Å². The van der Waals surface area contributed by atoms with Gasteiger partial charge in [-0.15, -0.1) is 0 Å². The summed E-state index contributed by atoms with van der Waals surface area (Å²) in [5.41, 5.74) is 1.97. The second-order valence-electron chi connectivity index (χ2n) is 5.15. The van der Waals surface area contributed by atoms with Crippen LogP contribution in [-0.2, 0) is 27.2 Å². The number of carboxylic acids is 1. The van der Waals surface area contributed by atoms with Crippen molar-refractivity contribution in [1.82, 2.24) is 4.90 Å². The van der Waals surface area contributed by atoms with E-state index in [4.69, 9.17) is 14.6 Å². The number of rotatable bonds is 10. The number of carboxylic acid groups (broad SMARTS) is 1. The normalized spacial score (nSPS) is 12.6. The predicted octanol–water partition coefficient (Wildman–Crippen LogP) is 1.80. The van der Waals surface area contributed by atoms with Gasteiger partial charge in [0.2, 0.25) is 0 Å². The fraction of sp³-hybridized carbons (Fsp3) is 0.562. The van der Waals surface area contributed by atoms with Crippen LogP contribution in [0.15, 0.2) is 24.3 Å². The molecule has 1 rings (SSSR count). The Morgan fingerprint density at radius 3 is 2.33 bits per heavy atom. The first kappa shape index (κ1) is 17.6. The van der Waals surface area contributed by atoms with Gasteiger partial charge in [0.1, 0.15) is 0 Å². The minimum Gasteiger partial charge on any atom is -0.481 e. The fourth-order valence-corrected chi connectivity index (χ4v) is 2.18. The molecule has 0 saturated carbocycles. The van der Waals surface area contributed by atoms with Gasteiger partial charge in [0.25, 0.3) is 0 Å². The smallest absolute Gasteiger partial charge is 0.307 e. The van der Waals surface area contributed by atoms with E-state index in [1.165, 1.54) is 0 Å². The zero-order chi connectivity index (χ0) is 15.7. The molecule has 1 atom stereocenters. The first-order chi connectivity index (χ1) is 10.1. The van der Waals surface area contributed by atoms with E-state index in [2.05, 4.69) is 11.8 Å². The summed E-state index contributed by atoms with van der Waals surface area (Å²) in [6, 6.07) is 8.01. The Morgan fingerprint density at radius 1 is 1.19 bits per heavy atom. The lowest BCUT2D eigenvalue weighted by Crippen LogP contribution is -2.38. The highest BCUT2D eigenvalue weighted by molar-refractivity contribution is 5.70. The average Bonchev–Trinajstić information content (AvgIpc) is 2.45. The molecule has 0 amide bonds. The van der Waals surface area contributed by atoms with Crippen molar-refractivity contribution < 1.29 is 19.4 Å². The van der Waals surface area contributed by atoms with Crippen molar-refractivity contribution in [2.75, 3.05) is 34.0 Å². The van der Waals surface area contributed by atoms with E-state index in [1.54, 1.807) is 14.2 Å². The molecule has 5 nitrogen and oxygen atoms in total. The van der Waals surface area contributed by atoms with E-state index in [9.17, 15) is 4.79 Å². The quantitative estimate of drug-likeness (QED) is 0.713. The number of aliphatic carboxylic acids is 1. The molecule has 0 aliphatic heterocycles. The summed E-state index contributed by atoms with van der Waals surface area (Å²) in [7, 11) is 3.39. The second-order valence-corrected chi connectivity index (χ2v) is 5.15. The number of nitrogens with zero attached hydrogens (tertiary/aromatic N) is 1. The lowest BCUT2D eigenvalue weighted by atomic mass is 10.1. The summed E-state index contributed by atoms with van der Waals surface area (Å²) >= 11 is 0. The number of hydrogen-bond donors (Lipinski definition) is 1. The number of ether oxygens (including phenoxy) is 2. The van der Waals surface area contributed by atoms with Crippen LogP contribution in [0.3, 0.4) is 0 Å². The van der Waals surface area contributed by atoms with Crippen LogP contribution in [0.25, 0.3) is 0 Å². The first-order valence-electron chi connectivity index (χ1n) is 7.08. The fourth-order valence-electron chi connectivity index (χ4n) is 2.18. The van der Waals surface area contributed by atoms with Crippen molar-refractivity contribution in [2.45, 2.75) is 25.9 Å². The van der Waals surface area contributed by atoms with E-state index in [-0.39, 0.29) is 6.42 Å². The largest absolute Gasteiger partial charge is 0.481 e. The average molecular weight is 295 g/mol. The molecule has 0 spiro atoms. The third kappa shape index (κ3) is 6.71. The van der Waals surface area contributed by atoms with Crippen LogP contribution in [0.2, 0.25) is 0 Å². The number of benzene rings is 1. The van der Waals surface area contributed by atoms with E-state index in [0.29, 0.717) is 19.3 Å². The van der Waals surface area contributed by atoms with Crippen molar-refractivity contribution in [1.29, 1.82) is 0 Å². The molecule has 21 heavy (non-hydrogen) atoms. The van der Waals surface area contributed by atoms with Gasteiger partial charge >= 0.3 is 5.97 Å². The third-order valence-electron chi connectivity index (χ3n) is 3.38. The molecule has 0 bridgehead atoms. The number of carbonyl (C=O) groups is 1. The Hall–Kier alpha value is -1.43. The van der Waals surface area contributed by atoms with Gasteiger partial charge in [0, 0.05) is 33.4 Å². The molecule has 0 aromatic heterocycles. The molecular weight excluding hydrogens is 270 g/mol. The zero-order valence-corrected chi connectivity index (χ0v) is 13.0. The van der Waals surface area contributed by atoms with E-state index in [1.807, 2.05) is 24.3 Å². The molecule has 1 aromatic rings. The van der Waals surface area contributed by atoms with Crippen molar-refractivity contribution in [3.8, 4) is 0 Å². The van der Waals surface area contributed by atoms with Crippen LogP contribution < -0.4 is 0 Å². The van der Waals surface area contributed by atoms with Crippen LogP contribution in [0.4, 0.5) is 0 Å². The number of methoxy groups -OCH3 is 2. The standard InChI is InChI=1S/C16H25NO4/c1-13(12-21-3)17(8-9-20-2)11-15-6-4-14(5-7-15)10-16(18)19/h4-7,13H,8-12H2,1-3H3,(H,18,19). The highest BCUT2D eigenvalue weighted by atomic mass is 16.5. The van der Waals surface area contributed by atoms with Crippen molar-refractivity contribution in [2.24, 2.45) is 0 Å². The van der Waals surface area contributed by atoms with Gasteiger partial charge in [0.15, 0.2) is 0 Å². The lowest BCUT2D eigenvalue weighted by Gasteiger charge is -2.28. The molecule has 1 unspecified atom stereocenters. The number of hydrogen-bond acceptors (Lipinski definition) is 4. The summed E-state index contributed by atoms with van der Waals surface area (Å²) < 4.78 is 10.4. The first-order valence-corrected chi connectivity index (χ1v) is 7.08. The van der Waals surface area contributed by atoms with Crippen LogP contribution in [0.1, 0.15) is 18.1 Å². The highest BCUT2D eigenvalue weighted by Gasteiger charge is 2.14. The molecule has 0 heterocycles. The molecule has 0 saturated heterocycles. The Kier molecular flexibility index (Phi) is 7.97. The van der Waals surface area contributed by atoms with Crippen molar-refractivity contribution in [3.63, 3.8) is 0 Å². The summed E-state index contributed by atoms with van der Waals surface area (Å²) in [5, 5.41) is 8.77. The zero-order valence-electron chi connectivity index (χ0n) is 13.0. The van der Waals surface area contributed by atoms with Gasteiger partial charge < -0.3 is 14.6 Å². The predicted molar refractivity (Wildman–Crippen MR) is 81.4 cm³/mol. The third-order valence-corrected chi connectivity index (χ3v) is 3.38. The van der Waals surface area contributed by atoms with Gasteiger partial charge in [-0.25, -0.2) is 0 Å². The molecule has 0 aliphatic carbocycles. The molecule has 0 aliphatic rings. The van der Waals surface area contributed by atoms with Gasteiger partial charge in [-0.1, -0.05) is 24.3 Å². The van der Waals surface area contributed by atoms with Crippen LogP contribution in [0.5, 0.6) is 0 Å².